The minimum absolute atomic E-state index is 0.0366. The van der Waals surface area contributed by atoms with Crippen LogP contribution in [0.2, 0.25) is 0 Å². The van der Waals surface area contributed by atoms with Crippen LogP contribution in [-0.2, 0) is 4.74 Å². The van der Waals surface area contributed by atoms with Crippen LogP contribution in [0.25, 0.3) is 0 Å². The van der Waals surface area contributed by atoms with E-state index in [-0.39, 0.29) is 22.8 Å². The maximum Gasteiger partial charge on any atom is 0.358 e. The first-order valence-corrected chi connectivity index (χ1v) is 5.64. The summed E-state index contributed by atoms with van der Waals surface area (Å²) >= 11 is 0. The first kappa shape index (κ1) is 13.9. The Morgan fingerprint density at radius 2 is 2.00 bits per heavy atom. The summed E-state index contributed by atoms with van der Waals surface area (Å²) in [6.45, 7) is 1.46. The van der Waals surface area contributed by atoms with E-state index in [0.717, 1.165) is 12.1 Å². The molecule has 104 valence electrons. The molecule has 0 fully saturated rings. The molecule has 1 aromatic heterocycles. The van der Waals surface area contributed by atoms with Gasteiger partial charge in [-0.15, -0.1) is 0 Å². The quantitative estimate of drug-likeness (QED) is 0.875. The molecule has 2 rings (SSSR count). The Kier molecular flexibility index (Phi) is 3.88. The van der Waals surface area contributed by atoms with Gasteiger partial charge in [0, 0.05) is 6.07 Å². The summed E-state index contributed by atoms with van der Waals surface area (Å²) in [6, 6.07) is 2.08. The van der Waals surface area contributed by atoms with Crippen molar-refractivity contribution in [3.63, 3.8) is 0 Å². The molecule has 0 bridgehead atoms. The number of rotatable bonds is 3. The first-order chi connectivity index (χ1) is 9.51. The fraction of sp³-hybridized carbons (Fsp3) is 0.154. The Balaban J connectivity index is 2.31. The zero-order chi connectivity index (χ0) is 14.7. The minimum Gasteiger partial charge on any atom is -0.464 e. The van der Waals surface area contributed by atoms with Gasteiger partial charge in [0.1, 0.15) is 17.5 Å². The standard InChI is InChI=1S/C13H11F2N3O2/c1-7-3-9(15)10(4-8(7)14)17-12-6-16-5-11(18-12)13(19)20-2/h3-6H,1-2H3,(H,17,18). The van der Waals surface area contributed by atoms with E-state index < -0.39 is 17.6 Å². The van der Waals surface area contributed by atoms with Gasteiger partial charge in [-0.3, -0.25) is 4.98 Å². The predicted molar refractivity (Wildman–Crippen MR) is 67.7 cm³/mol. The number of nitrogens with one attached hydrogen (secondary N) is 1. The number of nitrogens with zero attached hydrogens (tertiary/aromatic N) is 2. The van der Waals surface area contributed by atoms with Crippen LogP contribution in [0.3, 0.4) is 0 Å². The summed E-state index contributed by atoms with van der Waals surface area (Å²) < 4.78 is 31.6. The van der Waals surface area contributed by atoms with Crippen molar-refractivity contribution < 1.29 is 18.3 Å². The van der Waals surface area contributed by atoms with Crippen LogP contribution in [-0.4, -0.2) is 23.0 Å². The van der Waals surface area contributed by atoms with E-state index in [1.54, 1.807) is 0 Å². The topological polar surface area (TPSA) is 64.1 Å². The summed E-state index contributed by atoms with van der Waals surface area (Å²) in [5.74, 6) is -1.74. The number of methoxy groups -OCH3 is 1. The molecule has 1 heterocycles. The zero-order valence-corrected chi connectivity index (χ0v) is 10.8. The van der Waals surface area contributed by atoms with E-state index in [2.05, 4.69) is 20.0 Å². The molecule has 0 unspecified atom stereocenters. The number of halogens is 2. The summed E-state index contributed by atoms with van der Waals surface area (Å²) in [4.78, 5) is 19.0. The maximum atomic E-state index is 13.7. The third-order valence-electron chi connectivity index (χ3n) is 2.54. The molecular formula is C13H11F2N3O2. The van der Waals surface area contributed by atoms with E-state index in [1.807, 2.05) is 0 Å². The van der Waals surface area contributed by atoms with Gasteiger partial charge in [0.2, 0.25) is 0 Å². The summed E-state index contributed by atoms with van der Waals surface area (Å²) in [7, 11) is 1.21. The van der Waals surface area contributed by atoms with E-state index in [0.29, 0.717) is 0 Å². The van der Waals surface area contributed by atoms with Crippen LogP contribution in [0.15, 0.2) is 24.5 Å². The van der Waals surface area contributed by atoms with Gasteiger partial charge in [-0.25, -0.2) is 18.6 Å². The van der Waals surface area contributed by atoms with Crippen LogP contribution in [0.4, 0.5) is 20.3 Å². The molecule has 0 saturated heterocycles. The number of hydrogen-bond donors (Lipinski definition) is 1. The Morgan fingerprint density at radius 1 is 1.25 bits per heavy atom. The molecule has 0 atom stereocenters. The van der Waals surface area contributed by atoms with Crippen molar-refractivity contribution in [1.82, 2.24) is 9.97 Å². The smallest absolute Gasteiger partial charge is 0.358 e. The lowest BCUT2D eigenvalue weighted by Gasteiger charge is -2.08. The highest BCUT2D eigenvalue weighted by atomic mass is 19.1. The number of hydrogen-bond acceptors (Lipinski definition) is 5. The largest absolute Gasteiger partial charge is 0.464 e. The Labute approximate surface area is 113 Å². The highest BCUT2D eigenvalue weighted by Gasteiger charge is 2.11. The average molecular weight is 279 g/mol. The van der Waals surface area contributed by atoms with E-state index >= 15 is 0 Å². The Bertz CT molecular complexity index is 662. The fourth-order valence-electron chi connectivity index (χ4n) is 1.51. The third kappa shape index (κ3) is 2.87. The molecule has 0 radical (unpaired) electrons. The second kappa shape index (κ2) is 5.60. The molecule has 0 aliphatic carbocycles. The highest BCUT2D eigenvalue weighted by molar-refractivity contribution is 5.87. The Morgan fingerprint density at radius 3 is 2.70 bits per heavy atom. The molecule has 5 nitrogen and oxygen atoms in total. The lowest BCUT2D eigenvalue weighted by molar-refractivity contribution is 0.0593. The number of carbonyl (C=O) groups excluding carboxylic acids is 1. The van der Waals surface area contributed by atoms with Gasteiger partial charge in [0.05, 0.1) is 25.2 Å². The molecule has 0 amide bonds. The maximum absolute atomic E-state index is 13.7. The van der Waals surface area contributed by atoms with E-state index in [1.165, 1.54) is 26.4 Å². The summed E-state index contributed by atoms with van der Waals surface area (Å²) in [5, 5.41) is 2.56. The third-order valence-corrected chi connectivity index (χ3v) is 2.54. The number of esters is 1. The lowest BCUT2D eigenvalue weighted by atomic mass is 10.2. The normalized spacial score (nSPS) is 10.2. The van der Waals surface area contributed by atoms with Gasteiger partial charge in [-0.05, 0) is 18.6 Å². The second-order valence-corrected chi connectivity index (χ2v) is 3.99. The SMILES string of the molecule is COC(=O)c1cncc(Nc2cc(F)c(C)cc2F)n1. The lowest BCUT2D eigenvalue weighted by Crippen LogP contribution is -2.07. The van der Waals surface area contributed by atoms with E-state index in [4.69, 9.17) is 0 Å². The summed E-state index contributed by atoms with van der Waals surface area (Å²) in [6.07, 6.45) is 2.49. The van der Waals surface area contributed by atoms with Gasteiger partial charge in [0.15, 0.2) is 5.69 Å². The molecule has 0 aliphatic rings. The van der Waals surface area contributed by atoms with Gasteiger partial charge in [0.25, 0.3) is 0 Å². The minimum atomic E-state index is -0.670. The number of carbonyl (C=O) groups is 1. The van der Waals surface area contributed by atoms with Crippen LogP contribution in [0.1, 0.15) is 16.1 Å². The van der Waals surface area contributed by atoms with Crippen molar-refractivity contribution in [3.05, 3.63) is 47.4 Å². The molecule has 2 aromatic rings. The fourth-order valence-corrected chi connectivity index (χ4v) is 1.51. The monoisotopic (exact) mass is 279 g/mol. The highest BCUT2D eigenvalue weighted by Crippen LogP contribution is 2.21. The van der Waals surface area contributed by atoms with Crippen molar-refractivity contribution in [1.29, 1.82) is 0 Å². The molecule has 1 N–H and O–H groups in total. The first-order valence-electron chi connectivity index (χ1n) is 5.64. The zero-order valence-electron chi connectivity index (χ0n) is 10.8. The van der Waals surface area contributed by atoms with Gasteiger partial charge in [-0.2, -0.15) is 0 Å². The Hall–Kier alpha value is -2.57. The van der Waals surface area contributed by atoms with Crippen LogP contribution < -0.4 is 5.32 Å². The second-order valence-electron chi connectivity index (χ2n) is 3.99. The number of anilines is 2. The van der Waals surface area contributed by atoms with Gasteiger partial charge >= 0.3 is 5.97 Å². The predicted octanol–water partition coefficient (Wildman–Crippen LogP) is 2.59. The molecule has 0 aliphatic heterocycles. The van der Waals surface area contributed by atoms with Gasteiger partial charge in [-0.1, -0.05) is 0 Å². The number of aromatic nitrogens is 2. The van der Waals surface area contributed by atoms with Crippen LogP contribution >= 0.6 is 0 Å². The van der Waals surface area contributed by atoms with Crippen molar-refractivity contribution >= 4 is 17.5 Å². The number of aryl methyl sites for hydroxylation is 1. The molecule has 0 saturated carbocycles. The number of benzene rings is 1. The van der Waals surface area contributed by atoms with Crippen molar-refractivity contribution in [3.8, 4) is 0 Å². The molecule has 20 heavy (non-hydrogen) atoms. The van der Waals surface area contributed by atoms with Crippen molar-refractivity contribution in [2.75, 3.05) is 12.4 Å². The van der Waals surface area contributed by atoms with Crippen LogP contribution in [0, 0.1) is 18.6 Å². The van der Waals surface area contributed by atoms with E-state index in [9.17, 15) is 13.6 Å². The average Bonchev–Trinajstić information content (AvgIpc) is 2.44. The summed E-state index contributed by atoms with van der Waals surface area (Å²) in [5.41, 5.74) is 0.0670. The van der Waals surface area contributed by atoms with Crippen molar-refractivity contribution in [2.45, 2.75) is 6.92 Å². The van der Waals surface area contributed by atoms with Gasteiger partial charge < -0.3 is 10.1 Å². The molecule has 1 aromatic carbocycles. The van der Waals surface area contributed by atoms with Crippen molar-refractivity contribution in [2.24, 2.45) is 0 Å². The number of ether oxygens (including phenoxy) is 1. The molecular weight excluding hydrogens is 268 g/mol. The molecule has 7 heteroatoms. The molecule has 0 spiro atoms. The van der Waals surface area contributed by atoms with Crippen LogP contribution in [0.5, 0.6) is 0 Å².